The first-order valence-corrected chi connectivity index (χ1v) is 10.7. The van der Waals surface area contributed by atoms with Crippen molar-refractivity contribution < 1.29 is 18.7 Å². The van der Waals surface area contributed by atoms with Crippen LogP contribution < -0.4 is 10.1 Å². The second-order valence-electron chi connectivity index (χ2n) is 8.09. The number of furan rings is 1. The van der Waals surface area contributed by atoms with Gasteiger partial charge in [0.1, 0.15) is 22.8 Å². The number of ether oxygens (including phenoxy) is 1. The topological polar surface area (TPSA) is 68.5 Å². The fourth-order valence-corrected chi connectivity index (χ4v) is 4.05. The number of carbonyl (C=O) groups is 2. The van der Waals surface area contributed by atoms with Crippen molar-refractivity contribution in [3.63, 3.8) is 0 Å². The van der Waals surface area contributed by atoms with Gasteiger partial charge in [0.15, 0.2) is 5.78 Å². The van der Waals surface area contributed by atoms with Crippen LogP contribution in [0.5, 0.6) is 11.5 Å². The standard InChI is InChI=1S/C27H23NO4/c1-16(29)21-15-24-23(14-22(21)17-8-9-17)25(27(30)28-2)26(32-24)18-10-12-20(13-11-18)31-19-6-4-3-5-7-19/h3-7,10-15,17H,8-9H2,1-2H3,(H,28,30). The summed E-state index contributed by atoms with van der Waals surface area (Å²) in [5, 5.41) is 3.46. The van der Waals surface area contributed by atoms with E-state index in [4.69, 9.17) is 9.15 Å². The number of benzene rings is 3. The van der Waals surface area contributed by atoms with Crippen molar-refractivity contribution in [3.05, 3.63) is 83.4 Å². The molecule has 160 valence electrons. The van der Waals surface area contributed by atoms with E-state index in [1.165, 1.54) is 0 Å². The molecule has 5 rings (SSSR count). The molecule has 1 saturated carbocycles. The fourth-order valence-electron chi connectivity index (χ4n) is 4.05. The van der Waals surface area contributed by atoms with Crippen molar-refractivity contribution in [2.75, 3.05) is 7.05 Å². The molecule has 0 radical (unpaired) electrons. The first-order chi connectivity index (χ1) is 15.5. The van der Waals surface area contributed by atoms with E-state index in [1.807, 2.05) is 60.7 Å². The van der Waals surface area contributed by atoms with Gasteiger partial charge in [0.25, 0.3) is 5.91 Å². The van der Waals surface area contributed by atoms with Crippen molar-refractivity contribution in [1.29, 1.82) is 0 Å². The summed E-state index contributed by atoms with van der Waals surface area (Å²) in [5.74, 6) is 2.08. The largest absolute Gasteiger partial charge is 0.457 e. The number of rotatable bonds is 6. The van der Waals surface area contributed by atoms with Gasteiger partial charge in [-0.25, -0.2) is 0 Å². The lowest BCUT2D eigenvalue weighted by molar-refractivity contribution is 0.0963. The number of Topliss-reactive ketones (excluding diaryl/α,β-unsaturated/α-hetero) is 1. The third kappa shape index (κ3) is 3.66. The maximum Gasteiger partial charge on any atom is 0.255 e. The third-order valence-corrected chi connectivity index (χ3v) is 5.81. The fraction of sp³-hybridized carbons (Fsp3) is 0.185. The van der Waals surface area contributed by atoms with Crippen LogP contribution in [0, 0.1) is 0 Å². The molecule has 0 bridgehead atoms. The molecule has 0 saturated heterocycles. The highest BCUT2D eigenvalue weighted by molar-refractivity contribution is 6.12. The molecule has 1 amide bonds. The predicted octanol–water partition coefficient (Wildman–Crippen LogP) is 6.33. The Morgan fingerprint density at radius 1 is 0.969 bits per heavy atom. The van der Waals surface area contributed by atoms with Crippen LogP contribution in [0.3, 0.4) is 0 Å². The molecule has 5 nitrogen and oxygen atoms in total. The second kappa shape index (κ2) is 8.00. The molecule has 3 aromatic carbocycles. The zero-order valence-corrected chi connectivity index (χ0v) is 18.0. The summed E-state index contributed by atoms with van der Waals surface area (Å²) in [4.78, 5) is 25.1. The van der Waals surface area contributed by atoms with Crippen LogP contribution in [0.15, 0.2) is 71.1 Å². The molecule has 0 aliphatic heterocycles. The molecule has 0 atom stereocenters. The van der Waals surface area contributed by atoms with Crippen molar-refractivity contribution in [1.82, 2.24) is 5.32 Å². The van der Waals surface area contributed by atoms with Gasteiger partial charge in [0.05, 0.1) is 5.56 Å². The molecule has 1 aromatic heterocycles. The Morgan fingerprint density at radius 2 is 1.66 bits per heavy atom. The van der Waals surface area contributed by atoms with Gasteiger partial charge >= 0.3 is 0 Å². The van der Waals surface area contributed by atoms with Gasteiger partial charge in [-0.2, -0.15) is 0 Å². The highest BCUT2D eigenvalue weighted by atomic mass is 16.5. The summed E-state index contributed by atoms with van der Waals surface area (Å²) in [6.07, 6.45) is 2.13. The van der Waals surface area contributed by atoms with Crippen LogP contribution in [-0.2, 0) is 0 Å². The van der Waals surface area contributed by atoms with Crippen molar-refractivity contribution in [2.24, 2.45) is 0 Å². The molecule has 1 aliphatic rings. The summed E-state index contributed by atoms with van der Waals surface area (Å²) in [5.41, 5.74) is 3.47. The van der Waals surface area contributed by atoms with Crippen molar-refractivity contribution in [3.8, 4) is 22.8 Å². The molecule has 4 aromatic rings. The highest BCUT2D eigenvalue weighted by Crippen LogP contribution is 2.45. The summed E-state index contributed by atoms with van der Waals surface area (Å²) < 4.78 is 12.0. The molecule has 1 N–H and O–H groups in total. The Bertz CT molecular complexity index is 1320. The monoisotopic (exact) mass is 425 g/mol. The molecule has 0 unspecified atom stereocenters. The maximum atomic E-state index is 12.8. The maximum absolute atomic E-state index is 12.8. The van der Waals surface area contributed by atoms with Crippen LogP contribution in [0.2, 0.25) is 0 Å². The lowest BCUT2D eigenvalue weighted by Gasteiger charge is -2.07. The Labute approximate surface area is 186 Å². The number of para-hydroxylation sites is 1. The second-order valence-corrected chi connectivity index (χ2v) is 8.09. The van der Waals surface area contributed by atoms with E-state index in [9.17, 15) is 9.59 Å². The molecule has 32 heavy (non-hydrogen) atoms. The van der Waals surface area contributed by atoms with E-state index in [2.05, 4.69) is 5.32 Å². The number of carbonyl (C=O) groups excluding carboxylic acids is 2. The van der Waals surface area contributed by atoms with Crippen LogP contribution in [0.4, 0.5) is 0 Å². The summed E-state index contributed by atoms with van der Waals surface area (Å²) >= 11 is 0. The van der Waals surface area contributed by atoms with Gasteiger partial charge in [-0.15, -0.1) is 0 Å². The summed E-state index contributed by atoms with van der Waals surface area (Å²) in [6, 6.07) is 20.7. The third-order valence-electron chi connectivity index (χ3n) is 5.81. The molecular weight excluding hydrogens is 402 g/mol. The highest BCUT2D eigenvalue weighted by Gasteiger charge is 2.30. The zero-order valence-electron chi connectivity index (χ0n) is 18.0. The number of fused-ring (bicyclic) bond motifs is 1. The van der Waals surface area contributed by atoms with E-state index >= 15 is 0 Å². The average Bonchev–Trinajstić information content (AvgIpc) is 3.59. The molecule has 5 heteroatoms. The smallest absolute Gasteiger partial charge is 0.255 e. The van der Waals surface area contributed by atoms with E-state index in [1.54, 1.807) is 20.0 Å². The lowest BCUT2D eigenvalue weighted by Crippen LogP contribution is -2.18. The molecular formula is C27H23NO4. The van der Waals surface area contributed by atoms with Gasteiger partial charge in [-0.3, -0.25) is 9.59 Å². The van der Waals surface area contributed by atoms with Gasteiger partial charge < -0.3 is 14.5 Å². The van der Waals surface area contributed by atoms with Gasteiger partial charge in [0.2, 0.25) is 0 Å². The molecule has 1 fully saturated rings. The Kier molecular flexibility index (Phi) is 5.02. The van der Waals surface area contributed by atoms with Gasteiger partial charge in [0, 0.05) is 23.6 Å². The number of amides is 1. The van der Waals surface area contributed by atoms with E-state index in [0.717, 1.165) is 35.1 Å². The van der Waals surface area contributed by atoms with Gasteiger partial charge in [-0.1, -0.05) is 18.2 Å². The molecule has 1 aliphatic carbocycles. The summed E-state index contributed by atoms with van der Waals surface area (Å²) in [6.45, 7) is 1.57. The van der Waals surface area contributed by atoms with Crippen molar-refractivity contribution in [2.45, 2.75) is 25.7 Å². The minimum absolute atomic E-state index is 0.00987. The number of hydrogen-bond acceptors (Lipinski definition) is 4. The first-order valence-electron chi connectivity index (χ1n) is 10.7. The Balaban J connectivity index is 1.60. The zero-order chi connectivity index (χ0) is 22.2. The summed E-state index contributed by atoms with van der Waals surface area (Å²) in [7, 11) is 1.60. The van der Waals surface area contributed by atoms with Gasteiger partial charge in [-0.05, 0) is 79.8 Å². The average molecular weight is 425 g/mol. The van der Waals surface area contributed by atoms with E-state index in [0.29, 0.717) is 34.1 Å². The van der Waals surface area contributed by atoms with Crippen molar-refractivity contribution >= 4 is 22.7 Å². The Hall–Kier alpha value is -3.86. The Morgan fingerprint density at radius 3 is 2.28 bits per heavy atom. The molecule has 1 heterocycles. The number of ketones is 1. The van der Waals surface area contributed by atoms with E-state index in [-0.39, 0.29) is 11.7 Å². The quantitative estimate of drug-likeness (QED) is 0.366. The minimum Gasteiger partial charge on any atom is -0.457 e. The normalized spacial score (nSPS) is 13.2. The lowest BCUT2D eigenvalue weighted by atomic mass is 9.96. The first kappa shape index (κ1) is 20.1. The van der Waals surface area contributed by atoms with Crippen LogP contribution >= 0.6 is 0 Å². The van der Waals surface area contributed by atoms with Crippen LogP contribution in [0.25, 0.3) is 22.3 Å². The minimum atomic E-state index is -0.222. The van der Waals surface area contributed by atoms with Crippen LogP contribution in [0.1, 0.15) is 52.0 Å². The number of hydrogen-bond donors (Lipinski definition) is 1. The molecule has 0 spiro atoms. The van der Waals surface area contributed by atoms with E-state index < -0.39 is 0 Å². The number of nitrogens with one attached hydrogen (secondary N) is 1. The predicted molar refractivity (Wildman–Crippen MR) is 124 cm³/mol. The van der Waals surface area contributed by atoms with Crippen LogP contribution in [-0.4, -0.2) is 18.7 Å². The SMILES string of the molecule is CNC(=O)c1c(-c2ccc(Oc3ccccc3)cc2)oc2cc(C(C)=O)c(C3CC3)cc12.